The van der Waals surface area contributed by atoms with E-state index in [-0.39, 0.29) is 11.2 Å². The Morgan fingerprint density at radius 1 is 1.48 bits per heavy atom. The third kappa shape index (κ3) is 2.39. The van der Waals surface area contributed by atoms with Crippen LogP contribution in [0.3, 0.4) is 0 Å². The minimum absolute atomic E-state index is 0.118. The van der Waals surface area contributed by atoms with Crippen LogP contribution < -0.4 is 4.90 Å². The van der Waals surface area contributed by atoms with E-state index < -0.39 is 24.3 Å². The molecule has 2 aliphatic heterocycles. The largest absolute Gasteiger partial charge is 0.465 e. The predicted octanol–water partition coefficient (Wildman–Crippen LogP) is 2.19. The Morgan fingerprint density at radius 2 is 2.24 bits per heavy atom. The van der Waals surface area contributed by atoms with Gasteiger partial charge in [0.15, 0.2) is 0 Å². The molecule has 3 heterocycles. The van der Waals surface area contributed by atoms with E-state index in [2.05, 4.69) is 9.97 Å². The van der Waals surface area contributed by atoms with E-state index in [0.29, 0.717) is 25.1 Å². The molecule has 0 spiro atoms. The maximum absolute atomic E-state index is 14.7. The van der Waals surface area contributed by atoms with Crippen molar-refractivity contribution in [3.05, 3.63) is 17.5 Å². The number of alkyl halides is 1. The Balaban J connectivity index is 1.81. The number of piperidine rings is 1. The van der Waals surface area contributed by atoms with Crippen molar-refractivity contribution in [3.8, 4) is 0 Å². The standard InChI is InChI=1S/C13H16ClFN4O2/c1-18(11-6-16-10(14)5-17-11)9-4-7-2-3-8(12(9)15)19(7)13(20)21/h5-9,12H,2-4H2,1H3,(H,20,21)/t7-,8+,9-,12+/m0/s1. The van der Waals surface area contributed by atoms with Crippen LogP contribution in [0.25, 0.3) is 0 Å². The van der Waals surface area contributed by atoms with Gasteiger partial charge in [0, 0.05) is 13.1 Å². The highest BCUT2D eigenvalue weighted by Gasteiger charge is 2.51. The number of amides is 1. The summed E-state index contributed by atoms with van der Waals surface area (Å²) in [7, 11) is 1.75. The molecular weight excluding hydrogens is 299 g/mol. The molecule has 1 aromatic heterocycles. The highest BCUT2D eigenvalue weighted by molar-refractivity contribution is 6.29. The van der Waals surface area contributed by atoms with Crippen LogP contribution in [0.5, 0.6) is 0 Å². The van der Waals surface area contributed by atoms with Crippen molar-refractivity contribution in [3.63, 3.8) is 0 Å². The molecule has 1 aromatic rings. The molecule has 8 heteroatoms. The Morgan fingerprint density at radius 3 is 2.86 bits per heavy atom. The van der Waals surface area contributed by atoms with E-state index in [1.165, 1.54) is 17.3 Å². The lowest BCUT2D eigenvalue weighted by molar-refractivity contribution is 0.0490. The van der Waals surface area contributed by atoms with Gasteiger partial charge in [-0.2, -0.15) is 0 Å². The van der Waals surface area contributed by atoms with Crippen LogP contribution in [0.2, 0.25) is 5.15 Å². The quantitative estimate of drug-likeness (QED) is 0.906. The molecule has 0 radical (unpaired) electrons. The van der Waals surface area contributed by atoms with Gasteiger partial charge in [-0.25, -0.2) is 19.2 Å². The topological polar surface area (TPSA) is 69.6 Å². The third-order valence-electron chi connectivity index (χ3n) is 4.48. The normalized spacial score (nSPS) is 31.3. The molecule has 2 fully saturated rings. The third-order valence-corrected chi connectivity index (χ3v) is 4.68. The summed E-state index contributed by atoms with van der Waals surface area (Å²) in [6.07, 6.45) is 2.41. The first-order valence-electron chi connectivity index (χ1n) is 6.84. The monoisotopic (exact) mass is 314 g/mol. The average Bonchev–Trinajstić information content (AvgIpc) is 2.81. The number of aromatic nitrogens is 2. The van der Waals surface area contributed by atoms with Crippen LogP contribution >= 0.6 is 11.6 Å². The SMILES string of the molecule is CN(c1cnc(Cl)cn1)[C@H]1C[C@@H]2CC[C@H]([C@H]1F)N2C(=O)O. The molecule has 2 saturated heterocycles. The zero-order valence-electron chi connectivity index (χ0n) is 11.5. The molecule has 6 nitrogen and oxygen atoms in total. The highest BCUT2D eigenvalue weighted by atomic mass is 35.5. The molecule has 1 N–H and O–H groups in total. The molecule has 114 valence electrons. The fraction of sp³-hybridized carbons (Fsp3) is 0.615. The Bertz CT molecular complexity index is 543. The Hall–Kier alpha value is -1.63. The van der Waals surface area contributed by atoms with Crippen LogP contribution in [0.1, 0.15) is 19.3 Å². The molecule has 2 aliphatic rings. The summed E-state index contributed by atoms with van der Waals surface area (Å²) in [5, 5.41) is 9.50. The molecule has 4 atom stereocenters. The van der Waals surface area contributed by atoms with E-state index in [0.717, 1.165) is 0 Å². The van der Waals surface area contributed by atoms with Crippen molar-refractivity contribution in [1.82, 2.24) is 14.9 Å². The highest BCUT2D eigenvalue weighted by Crippen LogP contribution is 2.39. The number of hydrogen-bond acceptors (Lipinski definition) is 4. The molecule has 1 amide bonds. The lowest BCUT2D eigenvalue weighted by Crippen LogP contribution is -2.58. The van der Waals surface area contributed by atoms with Crippen molar-refractivity contribution in [2.24, 2.45) is 0 Å². The number of hydrogen-bond donors (Lipinski definition) is 1. The lowest BCUT2D eigenvalue weighted by Gasteiger charge is -2.43. The Labute approximate surface area is 126 Å². The van der Waals surface area contributed by atoms with Gasteiger partial charge in [-0.1, -0.05) is 11.6 Å². The maximum Gasteiger partial charge on any atom is 0.407 e. The van der Waals surface area contributed by atoms with Gasteiger partial charge in [-0.05, 0) is 19.3 Å². The summed E-state index contributed by atoms with van der Waals surface area (Å²) < 4.78 is 14.7. The van der Waals surface area contributed by atoms with Gasteiger partial charge in [-0.3, -0.25) is 4.90 Å². The van der Waals surface area contributed by atoms with Gasteiger partial charge in [-0.15, -0.1) is 0 Å². The molecule has 2 bridgehead atoms. The minimum atomic E-state index is -1.23. The molecule has 0 aliphatic carbocycles. The van der Waals surface area contributed by atoms with Crippen molar-refractivity contribution in [1.29, 1.82) is 0 Å². The predicted molar refractivity (Wildman–Crippen MR) is 75.4 cm³/mol. The van der Waals surface area contributed by atoms with Crippen LogP contribution in [0.15, 0.2) is 12.4 Å². The second kappa shape index (κ2) is 5.29. The van der Waals surface area contributed by atoms with Crippen molar-refractivity contribution in [2.45, 2.75) is 43.6 Å². The summed E-state index contributed by atoms with van der Waals surface area (Å²) in [6, 6.07) is -1.07. The zero-order chi connectivity index (χ0) is 15.1. The summed E-state index contributed by atoms with van der Waals surface area (Å²) in [5.41, 5.74) is 0. The lowest BCUT2D eigenvalue weighted by atomic mass is 9.94. The molecular formula is C13H16ClFN4O2. The number of anilines is 1. The molecule has 0 aromatic carbocycles. The van der Waals surface area contributed by atoms with Crippen molar-refractivity contribution < 1.29 is 14.3 Å². The van der Waals surface area contributed by atoms with Crippen LogP contribution in [0.4, 0.5) is 15.0 Å². The van der Waals surface area contributed by atoms with Crippen LogP contribution in [-0.2, 0) is 0 Å². The fourth-order valence-corrected chi connectivity index (χ4v) is 3.55. The summed E-state index contributed by atoms with van der Waals surface area (Å²) in [5.74, 6) is 0.537. The van der Waals surface area contributed by atoms with E-state index in [1.54, 1.807) is 11.9 Å². The number of nitrogens with zero attached hydrogens (tertiary/aromatic N) is 4. The number of rotatable bonds is 2. The van der Waals surface area contributed by atoms with Gasteiger partial charge in [0.1, 0.15) is 17.1 Å². The van der Waals surface area contributed by atoms with Gasteiger partial charge >= 0.3 is 6.09 Å². The Kier molecular flexibility index (Phi) is 3.61. The van der Waals surface area contributed by atoms with Crippen molar-refractivity contribution >= 4 is 23.5 Å². The average molecular weight is 315 g/mol. The first-order chi connectivity index (χ1) is 9.99. The van der Waals surface area contributed by atoms with E-state index in [9.17, 15) is 14.3 Å². The van der Waals surface area contributed by atoms with Gasteiger partial charge < -0.3 is 10.0 Å². The number of halogens is 2. The summed E-state index contributed by atoms with van der Waals surface area (Å²) in [6.45, 7) is 0. The zero-order valence-corrected chi connectivity index (χ0v) is 12.2. The van der Waals surface area contributed by atoms with Crippen molar-refractivity contribution in [2.75, 3.05) is 11.9 Å². The second-order valence-electron chi connectivity index (χ2n) is 5.54. The fourth-order valence-electron chi connectivity index (χ4n) is 3.45. The van der Waals surface area contributed by atoms with E-state index in [1.807, 2.05) is 0 Å². The second-order valence-corrected chi connectivity index (χ2v) is 5.93. The van der Waals surface area contributed by atoms with Gasteiger partial charge in [0.2, 0.25) is 0 Å². The first kappa shape index (κ1) is 14.3. The minimum Gasteiger partial charge on any atom is -0.465 e. The molecule has 21 heavy (non-hydrogen) atoms. The molecule has 0 unspecified atom stereocenters. The van der Waals surface area contributed by atoms with E-state index in [4.69, 9.17) is 11.6 Å². The summed E-state index contributed by atoms with van der Waals surface area (Å²) in [4.78, 5) is 22.4. The maximum atomic E-state index is 14.7. The smallest absolute Gasteiger partial charge is 0.407 e. The number of carbonyl (C=O) groups is 1. The molecule has 0 saturated carbocycles. The number of fused-ring (bicyclic) bond motifs is 2. The number of carboxylic acid groups (broad SMARTS) is 1. The van der Waals surface area contributed by atoms with Gasteiger partial charge in [0.25, 0.3) is 0 Å². The first-order valence-corrected chi connectivity index (χ1v) is 7.22. The molecule has 3 rings (SSSR count). The van der Waals surface area contributed by atoms with Crippen LogP contribution in [0, 0.1) is 0 Å². The van der Waals surface area contributed by atoms with Crippen LogP contribution in [-0.4, -0.2) is 57.4 Å². The van der Waals surface area contributed by atoms with Gasteiger partial charge in [0.05, 0.1) is 24.5 Å². The van der Waals surface area contributed by atoms with E-state index >= 15 is 0 Å². The summed E-state index contributed by atoms with van der Waals surface area (Å²) >= 11 is 5.70.